The number of aromatic nitrogens is 5. The molecule has 2 bridgehead atoms. The topological polar surface area (TPSA) is 101 Å². The van der Waals surface area contributed by atoms with Gasteiger partial charge < -0.3 is 15.0 Å². The molecule has 1 amide bonds. The first-order valence-corrected chi connectivity index (χ1v) is 10.5. The first-order valence-electron chi connectivity index (χ1n) is 10.5. The van der Waals surface area contributed by atoms with Crippen molar-refractivity contribution in [2.75, 3.05) is 24.7 Å². The van der Waals surface area contributed by atoms with Gasteiger partial charge in [-0.15, -0.1) is 0 Å². The first kappa shape index (κ1) is 17.9. The number of fused-ring (bicyclic) bond motifs is 1. The summed E-state index contributed by atoms with van der Waals surface area (Å²) in [5, 5.41) is 15.9. The van der Waals surface area contributed by atoms with Crippen molar-refractivity contribution in [3.05, 3.63) is 30.1 Å². The molecule has 3 aromatic rings. The van der Waals surface area contributed by atoms with Crippen LogP contribution in [-0.2, 0) is 14.9 Å². The molecule has 0 spiro atoms. The fraction of sp³-hybridized carbons (Fsp3) is 0.524. The predicted molar refractivity (Wildman–Crippen MR) is 111 cm³/mol. The second kappa shape index (κ2) is 6.04. The summed E-state index contributed by atoms with van der Waals surface area (Å²) in [5.41, 5.74) is 2.20. The van der Waals surface area contributed by atoms with Gasteiger partial charge >= 0.3 is 0 Å². The van der Waals surface area contributed by atoms with E-state index in [0.29, 0.717) is 13.2 Å². The number of nitrogens with zero attached hydrogens (tertiary/aromatic N) is 5. The molecule has 9 nitrogen and oxygen atoms in total. The van der Waals surface area contributed by atoms with Crippen LogP contribution in [-0.4, -0.2) is 62.2 Å². The van der Waals surface area contributed by atoms with Crippen molar-refractivity contribution < 1.29 is 9.53 Å². The lowest BCUT2D eigenvalue weighted by Crippen LogP contribution is -2.76. The smallest absolute Gasteiger partial charge is 0.217 e. The third kappa shape index (κ3) is 2.44. The molecular weight excluding hydrogens is 382 g/mol. The van der Waals surface area contributed by atoms with E-state index >= 15 is 0 Å². The van der Waals surface area contributed by atoms with Gasteiger partial charge in [0.05, 0.1) is 31.6 Å². The lowest BCUT2D eigenvalue weighted by molar-refractivity contribution is -0.135. The van der Waals surface area contributed by atoms with E-state index in [4.69, 9.17) is 9.72 Å². The molecule has 1 saturated heterocycles. The Bertz CT molecular complexity index is 1120. The van der Waals surface area contributed by atoms with E-state index in [0.717, 1.165) is 48.5 Å². The van der Waals surface area contributed by atoms with Crippen molar-refractivity contribution in [1.82, 2.24) is 30.3 Å². The third-order valence-corrected chi connectivity index (χ3v) is 6.95. The number of morpholine rings is 1. The molecule has 2 N–H and O–H groups in total. The van der Waals surface area contributed by atoms with Crippen LogP contribution >= 0.6 is 0 Å². The highest BCUT2D eigenvalue weighted by Gasteiger charge is 2.69. The van der Waals surface area contributed by atoms with Crippen LogP contribution in [0.2, 0.25) is 0 Å². The Hall–Kier alpha value is -2.94. The van der Waals surface area contributed by atoms with E-state index in [9.17, 15) is 4.79 Å². The maximum Gasteiger partial charge on any atom is 0.217 e. The summed E-state index contributed by atoms with van der Waals surface area (Å²) in [7, 11) is 0. The van der Waals surface area contributed by atoms with Crippen LogP contribution in [0, 0.1) is 0 Å². The number of anilines is 1. The van der Waals surface area contributed by atoms with E-state index in [-0.39, 0.29) is 22.9 Å². The largest absolute Gasteiger partial charge is 0.377 e. The zero-order chi connectivity index (χ0) is 20.5. The van der Waals surface area contributed by atoms with Crippen molar-refractivity contribution in [1.29, 1.82) is 0 Å². The highest BCUT2D eigenvalue weighted by molar-refractivity contribution is 5.85. The van der Waals surface area contributed by atoms with E-state index in [1.807, 2.05) is 16.9 Å². The molecule has 4 heterocycles. The standard InChI is InChI=1S/C21H25N7O2/c1-13-9-30-6-5-27(13)18-7-16(20-10-21(11-20,12-20)25-14(2)29)15-8-23-28(19(15)24-18)17-3-4-22-26-17/h3-4,7-8,13H,5-6,9-12H2,1-2H3,(H,22,26)(H,25,29)/t13-,20?,21?/m1/s1. The SMILES string of the molecule is CC(=O)NC12CC(c3cc(N4CCOC[C@H]4C)nc4c3cnn4-c3ccn[nH]3)(C1)C2. The Balaban J connectivity index is 1.46. The molecule has 9 heteroatoms. The quantitative estimate of drug-likeness (QED) is 0.682. The Morgan fingerprint density at radius 2 is 2.20 bits per heavy atom. The fourth-order valence-electron chi connectivity index (χ4n) is 5.76. The summed E-state index contributed by atoms with van der Waals surface area (Å²) in [6.07, 6.45) is 6.57. The molecule has 3 saturated carbocycles. The number of nitrogens with one attached hydrogen (secondary N) is 2. The van der Waals surface area contributed by atoms with Crippen LogP contribution in [0.15, 0.2) is 24.5 Å². The van der Waals surface area contributed by atoms with Crippen molar-refractivity contribution in [3.8, 4) is 5.82 Å². The molecule has 156 valence electrons. The number of rotatable bonds is 4. The molecule has 0 unspecified atom stereocenters. The minimum Gasteiger partial charge on any atom is -0.377 e. The summed E-state index contributed by atoms with van der Waals surface area (Å²) < 4.78 is 7.46. The Morgan fingerprint density at radius 3 is 2.90 bits per heavy atom. The molecule has 3 aromatic heterocycles. The van der Waals surface area contributed by atoms with Gasteiger partial charge in [0.15, 0.2) is 11.5 Å². The van der Waals surface area contributed by atoms with Gasteiger partial charge in [-0.05, 0) is 37.8 Å². The molecule has 1 aliphatic heterocycles. The summed E-state index contributed by atoms with van der Waals surface area (Å²) in [6.45, 7) is 6.00. The van der Waals surface area contributed by atoms with Crippen molar-refractivity contribution in [3.63, 3.8) is 0 Å². The minimum atomic E-state index is -0.0206. The molecule has 3 aliphatic carbocycles. The number of pyridine rings is 1. The molecule has 30 heavy (non-hydrogen) atoms. The van der Waals surface area contributed by atoms with Crippen LogP contribution < -0.4 is 10.2 Å². The van der Waals surface area contributed by atoms with Crippen LogP contribution in [0.5, 0.6) is 0 Å². The number of hydrogen-bond acceptors (Lipinski definition) is 6. The second-order valence-corrected chi connectivity index (χ2v) is 9.15. The Labute approximate surface area is 173 Å². The lowest BCUT2D eigenvalue weighted by atomic mass is 9.37. The minimum absolute atomic E-state index is 0.0206. The van der Waals surface area contributed by atoms with Gasteiger partial charge in [-0.25, -0.2) is 4.98 Å². The summed E-state index contributed by atoms with van der Waals surface area (Å²) in [4.78, 5) is 19.0. The van der Waals surface area contributed by atoms with Crippen molar-refractivity contribution in [2.45, 2.75) is 50.1 Å². The number of carbonyl (C=O) groups is 1. The summed E-state index contributed by atoms with van der Waals surface area (Å²) >= 11 is 0. The molecule has 0 aromatic carbocycles. The number of amides is 1. The highest BCUT2D eigenvalue weighted by atomic mass is 16.5. The maximum atomic E-state index is 11.6. The second-order valence-electron chi connectivity index (χ2n) is 9.15. The van der Waals surface area contributed by atoms with E-state index in [1.165, 1.54) is 5.56 Å². The monoisotopic (exact) mass is 407 g/mol. The molecule has 4 fully saturated rings. The lowest BCUT2D eigenvalue weighted by Gasteiger charge is -2.71. The zero-order valence-electron chi connectivity index (χ0n) is 17.2. The predicted octanol–water partition coefficient (Wildman–Crippen LogP) is 1.68. The van der Waals surface area contributed by atoms with E-state index < -0.39 is 0 Å². The van der Waals surface area contributed by atoms with E-state index in [1.54, 1.807) is 13.1 Å². The Kier molecular flexibility index (Phi) is 3.60. The van der Waals surface area contributed by atoms with Crippen molar-refractivity contribution >= 4 is 22.8 Å². The van der Waals surface area contributed by atoms with Gasteiger partial charge in [0, 0.05) is 35.9 Å². The van der Waals surface area contributed by atoms with Gasteiger partial charge in [0.2, 0.25) is 5.91 Å². The van der Waals surface area contributed by atoms with Crippen LogP contribution in [0.3, 0.4) is 0 Å². The highest BCUT2D eigenvalue weighted by Crippen LogP contribution is 2.68. The summed E-state index contributed by atoms with van der Waals surface area (Å²) in [5.74, 6) is 1.81. The normalized spacial score (nSPS) is 30.1. The maximum absolute atomic E-state index is 11.6. The van der Waals surface area contributed by atoms with Crippen molar-refractivity contribution in [2.24, 2.45) is 0 Å². The van der Waals surface area contributed by atoms with E-state index in [2.05, 4.69) is 38.5 Å². The molecular formula is C21H25N7O2. The number of hydrogen-bond donors (Lipinski definition) is 2. The van der Waals surface area contributed by atoms with Gasteiger partial charge in [0.25, 0.3) is 0 Å². The average Bonchev–Trinajstić information content (AvgIpc) is 3.32. The van der Waals surface area contributed by atoms with Gasteiger partial charge in [0.1, 0.15) is 5.82 Å². The third-order valence-electron chi connectivity index (χ3n) is 6.95. The summed E-state index contributed by atoms with van der Waals surface area (Å²) in [6, 6.07) is 4.41. The molecule has 0 radical (unpaired) electrons. The number of H-pyrrole nitrogens is 1. The average molecular weight is 407 g/mol. The number of carbonyl (C=O) groups excluding carboxylic acids is 1. The molecule has 4 aliphatic rings. The van der Waals surface area contributed by atoms with Crippen LogP contribution in [0.1, 0.15) is 38.7 Å². The van der Waals surface area contributed by atoms with Gasteiger partial charge in [-0.1, -0.05) is 0 Å². The number of aromatic amines is 1. The van der Waals surface area contributed by atoms with Gasteiger partial charge in [-0.2, -0.15) is 14.9 Å². The fourth-order valence-corrected chi connectivity index (χ4v) is 5.76. The molecule has 1 atom stereocenters. The zero-order valence-corrected chi connectivity index (χ0v) is 17.2. The first-order chi connectivity index (χ1) is 14.5. The van der Waals surface area contributed by atoms with Gasteiger partial charge in [-0.3, -0.25) is 9.89 Å². The van der Waals surface area contributed by atoms with Crippen LogP contribution in [0.25, 0.3) is 16.9 Å². The number of ether oxygens (including phenoxy) is 1. The molecule has 7 rings (SSSR count). The Morgan fingerprint density at radius 1 is 1.37 bits per heavy atom. The van der Waals surface area contributed by atoms with Crippen LogP contribution in [0.4, 0.5) is 5.82 Å².